The zero-order valence-corrected chi connectivity index (χ0v) is 14.7. The molecule has 2 saturated heterocycles. The molecule has 2 aliphatic rings. The minimum Gasteiger partial charge on any atom is -0.459 e. The molecule has 1 aromatic carbocycles. The molecule has 0 bridgehead atoms. The van der Waals surface area contributed by atoms with Gasteiger partial charge in [-0.2, -0.15) is 0 Å². The van der Waals surface area contributed by atoms with Gasteiger partial charge in [-0.15, -0.1) is 0 Å². The molecule has 0 saturated carbocycles. The summed E-state index contributed by atoms with van der Waals surface area (Å²) in [5.41, 5.74) is 0.751. The quantitative estimate of drug-likeness (QED) is 0.846. The molecule has 1 aromatic heterocycles. The van der Waals surface area contributed by atoms with Crippen LogP contribution in [0.25, 0.3) is 0 Å². The molecule has 0 unspecified atom stereocenters. The monoisotopic (exact) mass is 358 g/mol. The second kappa shape index (κ2) is 7.21. The number of ether oxygens (including phenoxy) is 1. The Hall–Kier alpha value is -2.18. The van der Waals surface area contributed by atoms with Crippen molar-refractivity contribution in [2.45, 2.75) is 25.0 Å². The summed E-state index contributed by atoms with van der Waals surface area (Å²) in [6, 6.07) is 10.1. The summed E-state index contributed by atoms with van der Waals surface area (Å²) in [4.78, 5) is 16.8. The second-order valence-electron chi connectivity index (χ2n) is 7.18. The number of likely N-dealkylation sites (tertiary alicyclic amines) is 1. The number of morpholine rings is 1. The average Bonchev–Trinajstić information content (AvgIpc) is 3.18. The minimum atomic E-state index is -0.335. The van der Waals surface area contributed by atoms with Crippen molar-refractivity contribution in [1.82, 2.24) is 9.80 Å². The van der Waals surface area contributed by atoms with Crippen LogP contribution in [0.2, 0.25) is 0 Å². The lowest BCUT2D eigenvalue weighted by molar-refractivity contribution is -0.136. The predicted molar refractivity (Wildman–Crippen MR) is 94.2 cm³/mol. The van der Waals surface area contributed by atoms with E-state index in [0.29, 0.717) is 18.9 Å². The number of rotatable bonds is 3. The van der Waals surface area contributed by atoms with Crippen LogP contribution in [-0.4, -0.2) is 54.1 Å². The van der Waals surface area contributed by atoms with Crippen LogP contribution in [0.1, 0.15) is 29.0 Å². The zero-order valence-electron chi connectivity index (χ0n) is 14.7. The number of carbonyl (C=O) groups excluding carboxylic acids is 1. The first-order chi connectivity index (χ1) is 12.6. The summed E-state index contributed by atoms with van der Waals surface area (Å²) in [7, 11) is 0. The Bertz CT molecular complexity index is 743. The van der Waals surface area contributed by atoms with E-state index in [9.17, 15) is 9.18 Å². The number of halogens is 1. The summed E-state index contributed by atoms with van der Waals surface area (Å²) < 4.78 is 24.5. The Morgan fingerprint density at radius 3 is 2.77 bits per heavy atom. The lowest BCUT2D eigenvalue weighted by atomic mass is 9.90. The highest BCUT2D eigenvalue weighted by atomic mass is 19.1. The van der Waals surface area contributed by atoms with Gasteiger partial charge >= 0.3 is 0 Å². The molecule has 2 aliphatic heterocycles. The molecular weight excluding hydrogens is 335 g/mol. The second-order valence-corrected chi connectivity index (χ2v) is 7.18. The van der Waals surface area contributed by atoms with Gasteiger partial charge in [0.05, 0.1) is 25.0 Å². The molecule has 2 aromatic rings. The number of nitrogens with zero attached hydrogens (tertiary/aromatic N) is 2. The Kier molecular flexibility index (Phi) is 4.78. The van der Waals surface area contributed by atoms with E-state index in [1.54, 1.807) is 12.1 Å². The van der Waals surface area contributed by atoms with E-state index in [4.69, 9.17) is 9.15 Å². The maximum absolute atomic E-state index is 13.1. The molecule has 6 heteroatoms. The first-order valence-corrected chi connectivity index (χ1v) is 9.07. The third-order valence-electron chi connectivity index (χ3n) is 5.21. The van der Waals surface area contributed by atoms with Gasteiger partial charge in [-0.25, -0.2) is 4.39 Å². The Labute approximate surface area is 152 Å². The number of benzene rings is 1. The number of hydrogen-bond donors (Lipinski definition) is 0. The van der Waals surface area contributed by atoms with Crippen molar-refractivity contribution in [1.29, 1.82) is 0 Å². The molecule has 3 heterocycles. The van der Waals surface area contributed by atoms with E-state index in [2.05, 4.69) is 4.90 Å². The van der Waals surface area contributed by atoms with Crippen molar-refractivity contribution >= 4 is 5.91 Å². The first-order valence-electron chi connectivity index (χ1n) is 9.07. The molecule has 4 rings (SSSR count). The third-order valence-corrected chi connectivity index (χ3v) is 5.21. The number of piperidine rings is 1. The van der Waals surface area contributed by atoms with Crippen molar-refractivity contribution in [3.8, 4) is 0 Å². The summed E-state index contributed by atoms with van der Waals surface area (Å²) >= 11 is 0. The van der Waals surface area contributed by atoms with E-state index in [1.165, 1.54) is 18.4 Å². The lowest BCUT2D eigenvalue weighted by Crippen LogP contribution is -2.60. The van der Waals surface area contributed by atoms with Crippen LogP contribution in [0, 0.1) is 5.82 Å². The zero-order chi connectivity index (χ0) is 18.0. The maximum atomic E-state index is 13.1. The van der Waals surface area contributed by atoms with Crippen molar-refractivity contribution in [2.75, 3.05) is 32.8 Å². The summed E-state index contributed by atoms with van der Waals surface area (Å²) in [5, 5.41) is 0. The minimum absolute atomic E-state index is 0.0756. The normalized spacial score (nSPS) is 24.1. The first kappa shape index (κ1) is 17.2. The fourth-order valence-corrected chi connectivity index (χ4v) is 3.98. The fraction of sp³-hybridized carbons (Fsp3) is 0.450. The molecule has 0 radical (unpaired) electrons. The Morgan fingerprint density at radius 1 is 1.15 bits per heavy atom. The molecule has 26 heavy (non-hydrogen) atoms. The highest BCUT2D eigenvalue weighted by Crippen LogP contribution is 2.30. The smallest absolute Gasteiger partial charge is 0.289 e. The van der Waals surface area contributed by atoms with E-state index in [1.807, 2.05) is 17.0 Å². The largest absolute Gasteiger partial charge is 0.459 e. The number of hydrogen-bond acceptors (Lipinski definition) is 4. The third kappa shape index (κ3) is 3.66. The van der Waals surface area contributed by atoms with Gasteiger partial charge in [-0.3, -0.25) is 9.69 Å². The van der Waals surface area contributed by atoms with Gasteiger partial charge < -0.3 is 14.1 Å². The van der Waals surface area contributed by atoms with E-state index in [0.717, 1.165) is 44.6 Å². The van der Waals surface area contributed by atoms with E-state index >= 15 is 0 Å². The standard InChI is InChI=1S/C20H23FN2O3/c21-17-6-4-16(5-7-17)13-22-10-12-26-20(14-22)8-2-9-23(15-20)19(24)18-3-1-11-25-18/h1,3-7,11H,2,8-10,12-15H2/t20-/m1/s1. The molecule has 0 N–H and O–H groups in total. The van der Waals surface area contributed by atoms with Crippen LogP contribution < -0.4 is 0 Å². The number of furan rings is 1. The Morgan fingerprint density at radius 2 is 2.00 bits per heavy atom. The average molecular weight is 358 g/mol. The number of carbonyl (C=O) groups is 1. The molecule has 0 aliphatic carbocycles. The van der Waals surface area contributed by atoms with Gasteiger partial charge in [0.15, 0.2) is 5.76 Å². The van der Waals surface area contributed by atoms with Gasteiger partial charge in [0, 0.05) is 26.2 Å². The van der Waals surface area contributed by atoms with Crippen molar-refractivity contribution in [3.63, 3.8) is 0 Å². The Balaban J connectivity index is 1.43. The summed E-state index contributed by atoms with van der Waals surface area (Å²) in [6.45, 7) is 4.31. The van der Waals surface area contributed by atoms with Gasteiger partial charge in [-0.05, 0) is 42.7 Å². The van der Waals surface area contributed by atoms with Crippen LogP contribution in [0.15, 0.2) is 47.1 Å². The highest BCUT2D eigenvalue weighted by molar-refractivity contribution is 5.91. The van der Waals surface area contributed by atoms with Gasteiger partial charge in [0.2, 0.25) is 0 Å². The summed E-state index contributed by atoms with van der Waals surface area (Å²) in [5.74, 6) is 0.0842. The van der Waals surface area contributed by atoms with Crippen molar-refractivity contribution < 1.29 is 18.3 Å². The number of amides is 1. The molecular formula is C20H23FN2O3. The maximum Gasteiger partial charge on any atom is 0.289 e. The predicted octanol–water partition coefficient (Wildman–Crippen LogP) is 2.93. The SMILES string of the molecule is O=C(c1ccco1)N1CCC[C@@]2(CN(Cc3ccc(F)cc3)CCO2)C1. The van der Waals surface area contributed by atoms with Gasteiger partial charge in [0.1, 0.15) is 5.82 Å². The van der Waals surface area contributed by atoms with Crippen LogP contribution in [0.5, 0.6) is 0 Å². The highest BCUT2D eigenvalue weighted by Gasteiger charge is 2.42. The van der Waals surface area contributed by atoms with E-state index < -0.39 is 0 Å². The van der Waals surface area contributed by atoms with Crippen molar-refractivity contribution in [3.05, 3.63) is 59.8 Å². The molecule has 1 amide bonds. The molecule has 1 atom stereocenters. The van der Waals surface area contributed by atoms with Gasteiger partial charge in [0.25, 0.3) is 5.91 Å². The molecule has 1 spiro atoms. The van der Waals surface area contributed by atoms with Crippen molar-refractivity contribution in [2.24, 2.45) is 0 Å². The lowest BCUT2D eigenvalue weighted by Gasteiger charge is -2.48. The molecule has 2 fully saturated rings. The molecule has 138 valence electrons. The van der Waals surface area contributed by atoms with Crippen LogP contribution in [0.4, 0.5) is 4.39 Å². The van der Waals surface area contributed by atoms with E-state index in [-0.39, 0.29) is 17.3 Å². The van der Waals surface area contributed by atoms with Crippen LogP contribution in [-0.2, 0) is 11.3 Å². The topological polar surface area (TPSA) is 45.9 Å². The van der Waals surface area contributed by atoms with Crippen LogP contribution in [0.3, 0.4) is 0 Å². The van der Waals surface area contributed by atoms with Gasteiger partial charge in [-0.1, -0.05) is 12.1 Å². The summed E-state index contributed by atoms with van der Waals surface area (Å²) in [6.07, 6.45) is 3.38. The van der Waals surface area contributed by atoms with Crippen LogP contribution >= 0.6 is 0 Å². The fourth-order valence-electron chi connectivity index (χ4n) is 3.98. The molecule has 5 nitrogen and oxygen atoms in total.